The van der Waals surface area contributed by atoms with E-state index in [1.54, 1.807) is 13.8 Å². The molecular weight excluding hydrogens is 514 g/mol. The summed E-state index contributed by atoms with van der Waals surface area (Å²) in [5, 5.41) is 35.4. The lowest BCUT2D eigenvalue weighted by Gasteiger charge is -2.22. The van der Waals surface area contributed by atoms with Crippen LogP contribution in [0.4, 0.5) is 14.5 Å². The summed E-state index contributed by atoms with van der Waals surface area (Å²) in [5.74, 6) is -3.63. The molecule has 1 unspecified atom stereocenters. The van der Waals surface area contributed by atoms with Crippen molar-refractivity contribution in [3.05, 3.63) is 51.8 Å². The lowest BCUT2D eigenvalue weighted by Crippen LogP contribution is -2.37. The molecule has 0 bridgehead atoms. The Morgan fingerprint density at radius 1 is 1.23 bits per heavy atom. The van der Waals surface area contributed by atoms with Crippen LogP contribution >= 0.6 is 0 Å². The molecule has 1 aromatic carbocycles. The van der Waals surface area contributed by atoms with Gasteiger partial charge in [-0.25, -0.2) is 8.78 Å². The maximum atomic E-state index is 14.4. The van der Waals surface area contributed by atoms with E-state index in [0.717, 1.165) is 6.07 Å². The molecule has 6 N–H and O–H groups in total. The number of aromatic amines is 1. The molecule has 0 radical (unpaired) electrons. The number of amides is 3. The van der Waals surface area contributed by atoms with Crippen LogP contribution in [0.15, 0.2) is 12.1 Å². The number of H-pyrrole nitrogens is 1. The first-order valence-electron chi connectivity index (χ1n) is 12.8. The molecule has 3 atom stereocenters. The van der Waals surface area contributed by atoms with Crippen LogP contribution in [0.1, 0.15) is 65.0 Å². The summed E-state index contributed by atoms with van der Waals surface area (Å²) in [5.41, 5.74) is 1.60. The molecule has 12 heteroatoms. The third-order valence-corrected chi connectivity index (χ3v) is 7.11. The maximum absolute atomic E-state index is 14.4. The van der Waals surface area contributed by atoms with Crippen molar-refractivity contribution in [3.63, 3.8) is 0 Å². The number of carbonyl (C=O) groups excluding carboxylic acids is 3. The van der Waals surface area contributed by atoms with Gasteiger partial charge >= 0.3 is 0 Å². The van der Waals surface area contributed by atoms with Crippen LogP contribution in [0, 0.1) is 25.5 Å². The Labute approximate surface area is 223 Å². The van der Waals surface area contributed by atoms with Gasteiger partial charge in [-0.05, 0) is 63.3 Å². The molecule has 2 aliphatic heterocycles. The number of rotatable bonds is 9. The van der Waals surface area contributed by atoms with Crippen LogP contribution in [0.3, 0.4) is 0 Å². The van der Waals surface area contributed by atoms with Gasteiger partial charge in [0.15, 0.2) is 11.6 Å². The van der Waals surface area contributed by atoms with Gasteiger partial charge in [-0.3, -0.25) is 14.4 Å². The molecule has 0 spiro atoms. The van der Waals surface area contributed by atoms with Gasteiger partial charge in [0.1, 0.15) is 6.23 Å². The second kappa shape index (κ2) is 11.6. The lowest BCUT2D eigenvalue weighted by molar-refractivity contribution is -0.140. The minimum atomic E-state index is -1.14. The highest BCUT2D eigenvalue weighted by Crippen LogP contribution is 2.36. The van der Waals surface area contributed by atoms with Gasteiger partial charge in [0.05, 0.1) is 35.5 Å². The Kier molecular flexibility index (Phi) is 8.48. The van der Waals surface area contributed by atoms with Crippen LogP contribution in [-0.4, -0.2) is 74.5 Å². The number of hydrogen-bond acceptors (Lipinski definition) is 6. The number of fused-ring (bicyclic) bond motifs is 1. The zero-order valence-corrected chi connectivity index (χ0v) is 21.7. The van der Waals surface area contributed by atoms with Gasteiger partial charge in [-0.2, -0.15) is 0 Å². The fourth-order valence-electron chi connectivity index (χ4n) is 5.08. The number of nitrogens with zero attached hydrogens (tertiary/aromatic N) is 1. The van der Waals surface area contributed by atoms with E-state index in [0.29, 0.717) is 41.9 Å². The van der Waals surface area contributed by atoms with Crippen molar-refractivity contribution in [1.29, 1.82) is 0 Å². The summed E-state index contributed by atoms with van der Waals surface area (Å²) in [7, 11) is 0. The molecule has 1 aromatic heterocycles. The molecule has 0 saturated carbocycles. The quantitative estimate of drug-likeness (QED) is 0.264. The van der Waals surface area contributed by atoms with Crippen molar-refractivity contribution in [3.8, 4) is 0 Å². The first-order valence-corrected chi connectivity index (χ1v) is 12.8. The number of aliphatic hydroxyl groups excluding tert-OH is 3. The number of carbonyl (C=O) groups is 3. The summed E-state index contributed by atoms with van der Waals surface area (Å²) in [6.07, 6.45) is -0.458. The van der Waals surface area contributed by atoms with Crippen LogP contribution in [0.2, 0.25) is 0 Å². The first-order chi connectivity index (χ1) is 18.5. The van der Waals surface area contributed by atoms with E-state index in [-0.39, 0.29) is 48.5 Å². The topological polar surface area (TPSA) is 155 Å². The zero-order valence-electron chi connectivity index (χ0n) is 21.7. The number of benzene rings is 1. The number of hydrogen-bond donors (Lipinski definition) is 6. The Morgan fingerprint density at radius 3 is 2.67 bits per heavy atom. The Bertz CT molecular complexity index is 1320. The molecule has 3 amide bonds. The van der Waals surface area contributed by atoms with E-state index in [9.17, 15) is 38.5 Å². The highest BCUT2D eigenvalue weighted by Gasteiger charge is 2.31. The van der Waals surface area contributed by atoms with E-state index in [1.807, 2.05) is 0 Å². The predicted octanol–water partition coefficient (Wildman–Crippen LogP) is 1.97. The van der Waals surface area contributed by atoms with Crippen molar-refractivity contribution < 1.29 is 38.5 Å². The third kappa shape index (κ3) is 6.02. The van der Waals surface area contributed by atoms with Gasteiger partial charge in [0.25, 0.3) is 11.8 Å². The summed E-state index contributed by atoms with van der Waals surface area (Å²) < 4.78 is 28.2. The van der Waals surface area contributed by atoms with Crippen LogP contribution in [0.25, 0.3) is 11.6 Å². The average molecular weight is 547 g/mol. The number of likely N-dealkylation sites (tertiary alicyclic amines) is 1. The molecule has 10 nitrogen and oxygen atoms in total. The second-order valence-corrected chi connectivity index (χ2v) is 9.96. The van der Waals surface area contributed by atoms with Crippen LogP contribution in [0.5, 0.6) is 0 Å². The monoisotopic (exact) mass is 546 g/mol. The highest BCUT2D eigenvalue weighted by atomic mass is 19.2. The summed E-state index contributed by atoms with van der Waals surface area (Å²) in [6, 6.07) is 2.21. The molecule has 4 rings (SSSR count). The van der Waals surface area contributed by atoms with Crippen LogP contribution < -0.4 is 10.6 Å². The summed E-state index contributed by atoms with van der Waals surface area (Å²) in [4.78, 5) is 41.8. The van der Waals surface area contributed by atoms with E-state index < -0.39 is 41.9 Å². The van der Waals surface area contributed by atoms with Crippen molar-refractivity contribution in [2.24, 2.45) is 0 Å². The first kappa shape index (κ1) is 28.4. The second-order valence-electron chi connectivity index (χ2n) is 9.96. The van der Waals surface area contributed by atoms with E-state index in [2.05, 4.69) is 15.6 Å². The number of aromatic nitrogens is 1. The third-order valence-electron chi connectivity index (χ3n) is 7.11. The Hall–Kier alpha value is -3.61. The molecule has 2 aliphatic rings. The largest absolute Gasteiger partial charge is 0.393 e. The van der Waals surface area contributed by atoms with Crippen molar-refractivity contribution in [1.82, 2.24) is 15.2 Å². The Morgan fingerprint density at radius 2 is 1.97 bits per heavy atom. The number of nitrogens with one attached hydrogen (secondary N) is 3. The molecule has 1 fully saturated rings. The molecule has 2 aromatic rings. The van der Waals surface area contributed by atoms with Gasteiger partial charge in [0.2, 0.25) is 5.91 Å². The molecule has 0 aliphatic carbocycles. The minimum absolute atomic E-state index is 0.0633. The van der Waals surface area contributed by atoms with Crippen molar-refractivity contribution >= 4 is 35.1 Å². The van der Waals surface area contributed by atoms with Gasteiger partial charge in [0, 0.05) is 30.0 Å². The number of aliphatic hydroxyl groups is 3. The number of halogens is 2. The average Bonchev–Trinajstić information content (AvgIpc) is 3.51. The smallest absolute Gasteiger partial charge is 0.256 e. The van der Waals surface area contributed by atoms with E-state index in [1.165, 1.54) is 17.0 Å². The SMILES string of the molecule is Cc1[nH]c(/C=C2\C(=O)Nc3ccc(F)c(F)c32)c(C)c1C(=O)NCC[C@@H](O)C[C@@H](O)CC(=O)N1CCCC1O. The normalized spacial score (nSPS) is 19.3. The fourth-order valence-corrected chi connectivity index (χ4v) is 5.08. The highest BCUT2D eigenvalue weighted by molar-refractivity contribution is 6.35. The predicted molar refractivity (Wildman–Crippen MR) is 138 cm³/mol. The summed E-state index contributed by atoms with van der Waals surface area (Å²) >= 11 is 0. The standard InChI is InChI=1S/C27H32F2N4O6/c1-13-20(12-17-24-19(32-26(17)38)6-5-18(28)25(24)29)31-14(2)23(13)27(39)30-8-7-15(34)10-16(35)11-22(37)33-9-3-4-21(33)36/h5-6,12,15-16,21,31,34-36H,3-4,7-11H2,1-2H3,(H,30,39)(H,32,38)/b17-12-/t15-,16-,21?/m1/s1. The molecular formula is C27H32F2N4O6. The zero-order chi connectivity index (χ0) is 28.4. The van der Waals surface area contributed by atoms with Crippen molar-refractivity contribution in [2.75, 3.05) is 18.4 Å². The molecule has 3 heterocycles. The number of aryl methyl sites for hydroxylation is 1. The molecule has 210 valence electrons. The fraction of sp³-hybridized carbons (Fsp3) is 0.444. The number of anilines is 1. The lowest BCUT2D eigenvalue weighted by atomic mass is 10.0. The Balaban J connectivity index is 1.34. The van der Waals surface area contributed by atoms with Gasteiger partial charge < -0.3 is 35.8 Å². The van der Waals surface area contributed by atoms with E-state index in [4.69, 9.17) is 0 Å². The minimum Gasteiger partial charge on any atom is -0.393 e. The van der Waals surface area contributed by atoms with E-state index >= 15 is 0 Å². The maximum Gasteiger partial charge on any atom is 0.256 e. The molecule has 1 saturated heterocycles. The van der Waals surface area contributed by atoms with Gasteiger partial charge in [-0.15, -0.1) is 0 Å². The summed E-state index contributed by atoms with van der Waals surface area (Å²) in [6.45, 7) is 3.84. The molecule has 39 heavy (non-hydrogen) atoms. The van der Waals surface area contributed by atoms with Crippen molar-refractivity contribution in [2.45, 2.75) is 64.4 Å². The van der Waals surface area contributed by atoms with Crippen LogP contribution in [-0.2, 0) is 9.59 Å². The van der Waals surface area contributed by atoms with Gasteiger partial charge in [-0.1, -0.05) is 0 Å².